The minimum Gasteiger partial charge on any atom is -0.486 e. The molecule has 32 heavy (non-hydrogen) atoms. The first-order chi connectivity index (χ1) is 15.5. The second kappa shape index (κ2) is 9.43. The van der Waals surface area contributed by atoms with Crippen molar-refractivity contribution in [3.8, 4) is 5.75 Å². The molecule has 0 spiro atoms. The van der Waals surface area contributed by atoms with Crippen molar-refractivity contribution < 1.29 is 18.3 Å². The van der Waals surface area contributed by atoms with Crippen LogP contribution in [0, 0.1) is 18.6 Å². The maximum atomic E-state index is 13.7. The van der Waals surface area contributed by atoms with Crippen molar-refractivity contribution in [3.05, 3.63) is 113 Å². The molecule has 1 aromatic heterocycles. The number of aryl methyl sites for hydroxylation is 1. The van der Waals surface area contributed by atoms with Crippen LogP contribution in [0.3, 0.4) is 0 Å². The number of carbonyl (C=O) groups is 1. The lowest BCUT2D eigenvalue weighted by Gasteiger charge is -2.09. The maximum absolute atomic E-state index is 13.7. The number of amides is 1. The van der Waals surface area contributed by atoms with Gasteiger partial charge in [-0.1, -0.05) is 42.0 Å². The second-order valence-electron chi connectivity index (χ2n) is 7.40. The van der Waals surface area contributed by atoms with Crippen LogP contribution in [-0.4, -0.2) is 15.7 Å². The zero-order valence-electron chi connectivity index (χ0n) is 17.4. The zero-order chi connectivity index (χ0) is 22.5. The summed E-state index contributed by atoms with van der Waals surface area (Å²) in [5, 5.41) is 7.17. The summed E-state index contributed by atoms with van der Waals surface area (Å²) in [6.45, 7) is 2.67. The van der Waals surface area contributed by atoms with E-state index in [4.69, 9.17) is 4.74 Å². The number of benzene rings is 3. The number of nitrogens with one attached hydrogen (secondary N) is 1. The van der Waals surface area contributed by atoms with E-state index in [-0.39, 0.29) is 18.3 Å². The van der Waals surface area contributed by atoms with Crippen LogP contribution in [0.1, 0.15) is 27.0 Å². The van der Waals surface area contributed by atoms with E-state index in [1.54, 1.807) is 41.2 Å². The highest BCUT2D eigenvalue weighted by molar-refractivity contribution is 6.03. The molecule has 1 heterocycles. The summed E-state index contributed by atoms with van der Waals surface area (Å²) in [5.41, 5.74) is 3.39. The van der Waals surface area contributed by atoms with Crippen molar-refractivity contribution in [1.29, 1.82) is 0 Å². The van der Waals surface area contributed by atoms with Crippen LogP contribution in [0.5, 0.6) is 5.75 Å². The normalized spacial score (nSPS) is 10.7. The second-order valence-corrected chi connectivity index (χ2v) is 7.40. The summed E-state index contributed by atoms with van der Waals surface area (Å²) < 4.78 is 33.9. The van der Waals surface area contributed by atoms with Crippen molar-refractivity contribution in [2.75, 3.05) is 5.32 Å². The highest BCUT2D eigenvalue weighted by Gasteiger charge is 2.10. The largest absolute Gasteiger partial charge is 0.486 e. The SMILES string of the molecule is Cc1ccc(Cn2ccc(NC(=O)c3cccc(COc4ccc(F)cc4F)c3)n2)cc1. The lowest BCUT2D eigenvalue weighted by Crippen LogP contribution is -2.13. The zero-order valence-corrected chi connectivity index (χ0v) is 17.4. The predicted octanol–water partition coefficient (Wildman–Crippen LogP) is 5.35. The summed E-state index contributed by atoms with van der Waals surface area (Å²) >= 11 is 0. The number of nitrogens with zero attached hydrogens (tertiary/aromatic N) is 2. The standard InChI is InChI=1S/C25H21F2N3O2/c1-17-5-7-18(8-6-17)15-30-12-11-24(29-30)28-25(31)20-4-2-3-19(13-20)16-32-23-10-9-21(26)14-22(23)27/h2-14H,15-16H2,1H3,(H,28,29,31). The molecule has 4 rings (SSSR count). The maximum Gasteiger partial charge on any atom is 0.256 e. The molecule has 3 aromatic carbocycles. The van der Waals surface area contributed by atoms with Gasteiger partial charge in [-0.05, 0) is 42.3 Å². The first-order valence-corrected chi connectivity index (χ1v) is 10.0. The fraction of sp³-hybridized carbons (Fsp3) is 0.120. The number of hydrogen-bond donors (Lipinski definition) is 1. The van der Waals surface area contributed by atoms with Gasteiger partial charge in [0.15, 0.2) is 17.4 Å². The number of anilines is 1. The summed E-state index contributed by atoms with van der Waals surface area (Å²) in [6, 6.07) is 19.8. The van der Waals surface area contributed by atoms with Crippen LogP contribution in [0.4, 0.5) is 14.6 Å². The molecule has 5 nitrogen and oxygen atoms in total. The molecule has 0 atom stereocenters. The first-order valence-electron chi connectivity index (χ1n) is 10.0. The van der Waals surface area contributed by atoms with Gasteiger partial charge in [-0.2, -0.15) is 5.10 Å². The topological polar surface area (TPSA) is 56.2 Å². The molecule has 0 aliphatic heterocycles. The lowest BCUT2D eigenvalue weighted by molar-refractivity contribution is 0.102. The van der Waals surface area contributed by atoms with E-state index in [1.807, 2.05) is 31.2 Å². The van der Waals surface area contributed by atoms with Crippen LogP contribution in [0.2, 0.25) is 0 Å². The fourth-order valence-corrected chi connectivity index (χ4v) is 3.14. The molecule has 0 aliphatic carbocycles. The third-order valence-corrected chi connectivity index (χ3v) is 4.82. The van der Waals surface area contributed by atoms with Crippen molar-refractivity contribution >= 4 is 11.7 Å². The third kappa shape index (κ3) is 5.37. The molecular weight excluding hydrogens is 412 g/mol. The summed E-state index contributed by atoms with van der Waals surface area (Å²) in [5.74, 6) is -1.38. The van der Waals surface area contributed by atoms with Crippen LogP contribution in [-0.2, 0) is 13.2 Å². The Labute approximate surface area is 184 Å². The average Bonchev–Trinajstić information content (AvgIpc) is 3.21. The first kappa shape index (κ1) is 21.2. The number of ether oxygens (including phenoxy) is 1. The van der Waals surface area contributed by atoms with Crippen molar-refractivity contribution in [3.63, 3.8) is 0 Å². The summed E-state index contributed by atoms with van der Waals surface area (Å²) in [4.78, 5) is 12.6. The minimum absolute atomic E-state index is 0.0366. The summed E-state index contributed by atoms with van der Waals surface area (Å²) in [7, 11) is 0. The monoisotopic (exact) mass is 433 g/mol. The van der Waals surface area contributed by atoms with Crippen molar-refractivity contribution in [2.24, 2.45) is 0 Å². The van der Waals surface area contributed by atoms with Crippen LogP contribution in [0.25, 0.3) is 0 Å². The number of hydrogen-bond acceptors (Lipinski definition) is 3. The quantitative estimate of drug-likeness (QED) is 0.428. The van der Waals surface area contributed by atoms with Gasteiger partial charge in [-0.3, -0.25) is 9.48 Å². The Bertz CT molecular complexity index is 1240. The Hall–Kier alpha value is -4.00. The number of rotatable bonds is 7. The minimum atomic E-state index is -0.778. The van der Waals surface area contributed by atoms with Gasteiger partial charge in [0.2, 0.25) is 0 Å². The molecule has 1 N–H and O–H groups in total. The lowest BCUT2D eigenvalue weighted by atomic mass is 10.1. The molecule has 7 heteroatoms. The molecule has 0 fully saturated rings. The smallest absolute Gasteiger partial charge is 0.256 e. The van der Waals surface area contributed by atoms with Gasteiger partial charge < -0.3 is 10.1 Å². The van der Waals surface area contributed by atoms with Crippen LogP contribution >= 0.6 is 0 Å². The van der Waals surface area contributed by atoms with Gasteiger partial charge in [0.25, 0.3) is 5.91 Å². The van der Waals surface area contributed by atoms with E-state index >= 15 is 0 Å². The molecule has 0 bridgehead atoms. The Kier molecular flexibility index (Phi) is 6.26. The highest BCUT2D eigenvalue weighted by atomic mass is 19.1. The highest BCUT2D eigenvalue weighted by Crippen LogP contribution is 2.19. The Morgan fingerprint density at radius 1 is 1.00 bits per heavy atom. The molecule has 1 amide bonds. The van der Waals surface area contributed by atoms with Crippen LogP contribution < -0.4 is 10.1 Å². The van der Waals surface area contributed by atoms with E-state index < -0.39 is 11.6 Å². The van der Waals surface area contributed by atoms with E-state index in [0.717, 1.165) is 17.7 Å². The molecule has 0 unspecified atom stereocenters. The molecule has 0 radical (unpaired) electrons. The number of carbonyl (C=O) groups excluding carboxylic acids is 1. The average molecular weight is 433 g/mol. The van der Waals surface area contributed by atoms with Crippen LogP contribution in [0.15, 0.2) is 79.0 Å². The van der Waals surface area contributed by atoms with Gasteiger partial charge in [0.1, 0.15) is 12.4 Å². The molecule has 0 aliphatic rings. The third-order valence-electron chi connectivity index (χ3n) is 4.82. The van der Waals surface area contributed by atoms with Gasteiger partial charge in [-0.15, -0.1) is 0 Å². The van der Waals surface area contributed by atoms with E-state index in [0.29, 0.717) is 23.5 Å². The fourth-order valence-electron chi connectivity index (χ4n) is 3.14. The van der Waals surface area contributed by atoms with Crippen molar-refractivity contribution in [1.82, 2.24) is 9.78 Å². The van der Waals surface area contributed by atoms with E-state index in [1.165, 1.54) is 11.6 Å². The molecule has 4 aromatic rings. The van der Waals surface area contributed by atoms with Crippen molar-refractivity contribution in [2.45, 2.75) is 20.1 Å². The molecular formula is C25H21F2N3O2. The van der Waals surface area contributed by atoms with E-state index in [2.05, 4.69) is 10.4 Å². The van der Waals surface area contributed by atoms with Gasteiger partial charge >= 0.3 is 0 Å². The Morgan fingerprint density at radius 3 is 2.59 bits per heavy atom. The number of halogens is 2. The summed E-state index contributed by atoms with van der Waals surface area (Å²) in [6.07, 6.45) is 1.80. The van der Waals surface area contributed by atoms with Gasteiger partial charge in [0, 0.05) is 23.9 Å². The Balaban J connectivity index is 1.37. The number of aromatic nitrogens is 2. The predicted molar refractivity (Wildman–Crippen MR) is 118 cm³/mol. The molecule has 162 valence electrons. The molecule has 0 saturated carbocycles. The Morgan fingerprint density at radius 2 is 1.81 bits per heavy atom. The molecule has 0 saturated heterocycles. The van der Waals surface area contributed by atoms with Gasteiger partial charge in [-0.25, -0.2) is 8.78 Å². The van der Waals surface area contributed by atoms with Gasteiger partial charge in [0.05, 0.1) is 6.54 Å². The van der Waals surface area contributed by atoms with E-state index in [9.17, 15) is 13.6 Å².